The molecule has 1 rings (SSSR count). The molecule has 0 radical (unpaired) electrons. The molecule has 0 atom stereocenters. The predicted octanol–water partition coefficient (Wildman–Crippen LogP) is 2.22. The lowest BCUT2D eigenvalue weighted by molar-refractivity contribution is -0.137. The molecule has 0 bridgehead atoms. The van der Waals surface area contributed by atoms with Gasteiger partial charge in [0.05, 0.1) is 18.4 Å². The Labute approximate surface area is 131 Å². The summed E-state index contributed by atoms with van der Waals surface area (Å²) in [6, 6.07) is 3.32. The first-order chi connectivity index (χ1) is 10.1. The number of carbonyl (C=O) groups is 1. The minimum atomic E-state index is -3.73. The van der Waals surface area contributed by atoms with E-state index >= 15 is 0 Å². The van der Waals surface area contributed by atoms with Crippen molar-refractivity contribution < 1.29 is 23.1 Å². The van der Waals surface area contributed by atoms with Gasteiger partial charge in [-0.1, -0.05) is 13.8 Å². The van der Waals surface area contributed by atoms with Gasteiger partial charge in [-0.2, -0.15) is 0 Å². The Morgan fingerprint density at radius 2 is 1.95 bits per heavy atom. The van der Waals surface area contributed by atoms with Gasteiger partial charge in [-0.05, 0) is 36.1 Å². The Kier molecular flexibility index (Phi) is 5.96. The van der Waals surface area contributed by atoms with Crippen LogP contribution >= 0.6 is 0 Å². The standard InChI is InChI=1S/C15H23NO5S/c1-10(2)12-9-14(11(3)8-13(12)21-5)22(19,20)16(4)7-6-15(17)18/h8-10H,6-7H2,1-5H3,(H,17,18). The Balaban J connectivity index is 3.29. The molecule has 0 saturated carbocycles. The van der Waals surface area contributed by atoms with E-state index in [4.69, 9.17) is 9.84 Å². The molecule has 6 nitrogen and oxygen atoms in total. The number of sulfonamides is 1. The van der Waals surface area contributed by atoms with Crippen molar-refractivity contribution in [3.05, 3.63) is 23.3 Å². The van der Waals surface area contributed by atoms with Gasteiger partial charge in [0, 0.05) is 13.6 Å². The van der Waals surface area contributed by atoms with E-state index in [0.717, 1.165) is 9.87 Å². The number of nitrogens with zero attached hydrogens (tertiary/aromatic N) is 1. The number of methoxy groups -OCH3 is 1. The summed E-state index contributed by atoms with van der Waals surface area (Å²) in [5, 5.41) is 8.70. The van der Waals surface area contributed by atoms with Gasteiger partial charge in [0.2, 0.25) is 10.0 Å². The number of aliphatic carboxylic acids is 1. The van der Waals surface area contributed by atoms with Gasteiger partial charge in [-0.3, -0.25) is 4.79 Å². The summed E-state index contributed by atoms with van der Waals surface area (Å²) < 4.78 is 31.6. The average molecular weight is 329 g/mol. The number of carboxylic acid groups (broad SMARTS) is 1. The van der Waals surface area contributed by atoms with Crippen molar-refractivity contribution in [3.63, 3.8) is 0 Å². The Hall–Kier alpha value is -1.60. The highest BCUT2D eigenvalue weighted by atomic mass is 32.2. The number of aryl methyl sites for hydroxylation is 1. The number of rotatable bonds is 7. The van der Waals surface area contributed by atoms with Crippen LogP contribution in [0.15, 0.2) is 17.0 Å². The van der Waals surface area contributed by atoms with E-state index < -0.39 is 16.0 Å². The molecule has 0 fully saturated rings. The molecule has 0 aliphatic rings. The Bertz CT molecular complexity index is 652. The fourth-order valence-electron chi connectivity index (χ4n) is 2.12. The van der Waals surface area contributed by atoms with E-state index in [1.807, 2.05) is 13.8 Å². The van der Waals surface area contributed by atoms with E-state index in [1.165, 1.54) is 7.05 Å². The first kappa shape index (κ1) is 18.4. The minimum absolute atomic E-state index is 0.0693. The summed E-state index contributed by atoms with van der Waals surface area (Å²) in [7, 11) is -0.797. The molecule has 0 amide bonds. The van der Waals surface area contributed by atoms with E-state index in [0.29, 0.717) is 11.3 Å². The molecule has 0 unspecified atom stereocenters. The Morgan fingerprint density at radius 3 is 2.41 bits per heavy atom. The maximum atomic E-state index is 12.6. The molecule has 124 valence electrons. The summed E-state index contributed by atoms with van der Waals surface area (Å²) in [6.45, 7) is 5.54. The zero-order chi connectivity index (χ0) is 17.1. The molecular formula is C15H23NO5S. The summed E-state index contributed by atoms with van der Waals surface area (Å²) >= 11 is 0. The monoisotopic (exact) mass is 329 g/mol. The number of carboxylic acids is 1. The number of hydrogen-bond acceptors (Lipinski definition) is 4. The van der Waals surface area contributed by atoms with Gasteiger partial charge < -0.3 is 9.84 Å². The molecule has 0 heterocycles. The molecule has 0 aliphatic carbocycles. The van der Waals surface area contributed by atoms with Gasteiger partial charge in [-0.25, -0.2) is 12.7 Å². The van der Waals surface area contributed by atoms with Crippen LogP contribution < -0.4 is 4.74 Å². The Morgan fingerprint density at radius 1 is 1.36 bits per heavy atom. The molecule has 0 saturated heterocycles. The maximum absolute atomic E-state index is 12.6. The second kappa shape index (κ2) is 7.11. The first-order valence-electron chi connectivity index (χ1n) is 6.98. The van der Waals surface area contributed by atoms with Crippen LogP contribution in [-0.2, 0) is 14.8 Å². The molecular weight excluding hydrogens is 306 g/mol. The maximum Gasteiger partial charge on any atom is 0.304 e. The van der Waals surface area contributed by atoms with Gasteiger partial charge in [0.1, 0.15) is 5.75 Å². The van der Waals surface area contributed by atoms with Crippen molar-refractivity contribution in [1.29, 1.82) is 0 Å². The van der Waals surface area contributed by atoms with E-state index in [2.05, 4.69) is 0 Å². The van der Waals surface area contributed by atoms with Crippen LogP contribution in [0.3, 0.4) is 0 Å². The molecule has 1 aromatic carbocycles. The van der Waals surface area contributed by atoms with Crippen LogP contribution in [-0.4, -0.2) is 44.5 Å². The molecule has 0 aromatic heterocycles. The summed E-state index contributed by atoms with van der Waals surface area (Å²) in [6.07, 6.45) is -0.234. The minimum Gasteiger partial charge on any atom is -0.496 e. The van der Waals surface area contributed by atoms with Crippen LogP contribution in [0.25, 0.3) is 0 Å². The smallest absolute Gasteiger partial charge is 0.304 e. The fraction of sp³-hybridized carbons (Fsp3) is 0.533. The van der Waals surface area contributed by atoms with Gasteiger partial charge in [0.25, 0.3) is 0 Å². The topological polar surface area (TPSA) is 83.9 Å². The number of hydrogen-bond donors (Lipinski definition) is 1. The third-order valence-electron chi connectivity index (χ3n) is 3.48. The van der Waals surface area contributed by atoms with Gasteiger partial charge in [-0.15, -0.1) is 0 Å². The largest absolute Gasteiger partial charge is 0.496 e. The second-order valence-corrected chi connectivity index (χ2v) is 7.50. The van der Waals surface area contributed by atoms with Crippen molar-refractivity contribution in [2.24, 2.45) is 0 Å². The SMILES string of the molecule is COc1cc(C)c(S(=O)(=O)N(C)CCC(=O)O)cc1C(C)C. The van der Waals surface area contributed by atoms with Gasteiger partial charge >= 0.3 is 5.97 Å². The lowest BCUT2D eigenvalue weighted by Crippen LogP contribution is -2.29. The quantitative estimate of drug-likeness (QED) is 0.829. The molecule has 22 heavy (non-hydrogen) atoms. The third-order valence-corrected chi connectivity index (χ3v) is 5.48. The summed E-state index contributed by atoms with van der Waals surface area (Å²) in [5.41, 5.74) is 1.38. The van der Waals surface area contributed by atoms with E-state index in [9.17, 15) is 13.2 Å². The van der Waals surface area contributed by atoms with Crippen molar-refractivity contribution >= 4 is 16.0 Å². The predicted molar refractivity (Wildman–Crippen MR) is 83.9 cm³/mol. The highest BCUT2D eigenvalue weighted by Gasteiger charge is 2.25. The summed E-state index contributed by atoms with van der Waals surface area (Å²) in [4.78, 5) is 10.8. The number of benzene rings is 1. The highest BCUT2D eigenvalue weighted by molar-refractivity contribution is 7.89. The van der Waals surface area contributed by atoms with Crippen LogP contribution in [0.2, 0.25) is 0 Å². The van der Waals surface area contributed by atoms with Crippen LogP contribution in [0.1, 0.15) is 37.3 Å². The van der Waals surface area contributed by atoms with Crippen LogP contribution in [0, 0.1) is 6.92 Å². The molecule has 0 spiro atoms. The summed E-state index contributed by atoms with van der Waals surface area (Å²) in [5.74, 6) is -0.273. The lowest BCUT2D eigenvalue weighted by atomic mass is 10.0. The van der Waals surface area contributed by atoms with Gasteiger partial charge in [0.15, 0.2) is 0 Å². The highest BCUT2D eigenvalue weighted by Crippen LogP contribution is 2.32. The second-order valence-electron chi connectivity index (χ2n) is 5.48. The molecule has 0 aliphatic heterocycles. The van der Waals surface area contributed by atoms with Crippen molar-refractivity contribution in [3.8, 4) is 5.75 Å². The van der Waals surface area contributed by atoms with Crippen molar-refractivity contribution in [2.45, 2.75) is 38.0 Å². The first-order valence-corrected chi connectivity index (χ1v) is 8.42. The van der Waals surface area contributed by atoms with E-state index in [1.54, 1.807) is 26.2 Å². The zero-order valence-corrected chi connectivity index (χ0v) is 14.4. The average Bonchev–Trinajstić information content (AvgIpc) is 2.43. The van der Waals surface area contributed by atoms with Crippen LogP contribution in [0.4, 0.5) is 0 Å². The van der Waals surface area contributed by atoms with E-state index in [-0.39, 0.29) is 23.8 Å². The zero-order valence-electron chi connectivity index (χ0n) is 13.6. The molecule has 7 heteroatoms. The van der Waals surface area contributed by atoms with Crippen molar-refractivity contribution in [2.75, 3.05) is 20.7 Å². The number of ether oxygens (including phenoxy) is 1. The molecule has 1 aromatic rings. The third kappa shape index (κ3) is 3.98. The van der Waals surface area contributed by atoms with Crippen LogP contribution in [0.5, 0.6) is 5.75 Å². The lowest BCUT2D eigenvalue weighted by Gasteiger charge is -2.20. The fourth-order valence-corrected chi connectivity index (χ4v) is 3.53. The van der Waals surface area contributed by atoms with Crippen molar-refractivity contribution in [1.82, 2.24) is 4.31 Å². The normalized spacial score (nSPS) is 12.0. The molecule has 1 N–H and O–H groups in total.